The highest BCUT2D eigenvalue weighted by Gasteiger charge is 2.25. The molecule has 1 unspecified atom stereocenters. The summed E-state index contributed by atoms with van der Waals surface area (Å²) in [6.45, 7) is 1.63. The summed E-state index contributed by atoms with van der Waals surface area (Å²) in [5.74, 6) is 0.918. The van der Waals surface area contributed by atoms with Crippen LogP contribution < -0.4 is 10.2 Å². The molecule has 1 aromatic rings. The molecule has 1 aromatic heterocycles. The van der Waals surface area contributed by atoms with Crippen molar-refractivity contribution in [2.45, 2.75) is 12.5 Å². The molecule has 0 bridgehead atoms. The number of rotatable bonds is 2. The number of anilines is 1. The third-order valence-corrected chi connectivity index (χ3v) is 3.35. The zero-order valence-corrected chi connectivity index (χ0v) is 11.1. The van der Waals surface area contributed by atoms with Crippen molar-refractivity contribution in [3.05, 3.63) is 22.8 Å². The van der Waals surface area contributed by atoms with Gasteiger partial charge in [0.05, 0.1) is 17.6 Å². The molecule has 5 nitrogen and oxygen atoms in total. The second-order valence-electron chi connectivity index (χ2n) is 3.88. The molecule has 1 aliphatic heterocycles. The number of aromatic nitrogens is 1. The Morgan fingerprint density at radius 1 is 1.71 bits per heavy atom. The third kappa shape index (κ3) is 2.88. The molecule has 1 N–H and O–H groups in total. The van der Waals surface area contributed by atoms with Crippen LogP contribution in [0.25, 0.3) is 0 Å². The van der Waals surface area contributed by atoms with Crippen LogP contribution in [0.1, 0.15) is 6.42 Å². The first-order valence-corrected chi connectivity index (χ1v) is 6.20. The molecule has 17 heavy (non-hydrogen) atoms. The van der Waals surface area contributed by atoms with E-state index < -0.39 is 0 Å². The van der Waals surface area contributed by atoms with Crippen LogP contribution in [-0.2, 0) is 4.74 Å². The maximum atomic E-state index is 11.1. The Labute approximate surface area is 108 Å². The van der Waals surface area contributed by atoms with Gasteiger partial charge in [0.15, 0.2) is 0 Å². The van der Waals surface area contributed by atoms with E-state index >= 15 is 0 Å². The fourth-order valence-electron chi connectivity index (χ4n) is 1.91. The van der Waals surface area contributed by atoms with Crippen molar-refractivity contribution in [2.24, 2.45) is 0 Å². The maximum Gasteiger partial charge on any atom is 0.407 e. The number of ether oxygens (including phenoxy) is 1. The van der Waals surface area contributed by atoms with Crippen LogP contribution in [0, 0.1) is 0 Å². The second-order valence-corrected chi connectivity index (χ2v) is 4.73. The van der Waals surface area contributed by atoms with E-state index in [9.17, 15) is 4.79 Å². The van der Waals surface area contributed by atoms with Crippen molar-refractivity contribution in [1.82, 2.24) is 10.3 Å². The van der Waals surface area contributed by atoms with Crippen LogP contribution >= 0.6 is 15.9 Å². The number of amides is 1. The summed E-state index contributed by atoms with van der Waals surface area (Å²) in [5.41, 5.74) is 0. The standard InChI is InChI=1S/C11H14BrN3O2/c1-17-11(16)14-8-4-6-15(7-8)10-9(12)3-2-5-13-10/h2-3,5,8H,4,6-7H2,1H3,(H,14,16). The van der Waals surface area contributed by atoms with E-state index in [1.165, 1.54) is 7.11 Å². The largest absolute Gasteiger partial charge is 0.453 e. The van der Waals surface area contributed by atoms with Gasteiger partial charge < -0.3 is 15.0 Å². The fourth-order valence-corrected chi connectivity index (χ4v) is 2.41. The molecule has 0 spiro atoms. The van der Waals surface area contributed by atoms with Crippen molar-refractivity contribution in [2.75, 3.05) is 25.1 Å². The Balaban J connectivity index is 1.98. The zero-order chi connectivity index (χ0) is 12.3. The number of carbonyl (C=O) groups excluding carboxylic acids is 1. The number of methoxy groups -OCH3 is 1. The molecule has 0 radical (unpaired) electrons. The van der Waals surface area contributed by atoms with Gasteiger partial charge >= 0.3 is 6.09 Å². The predicted molar refractivity (Wildman–Crippen MR) is 68.1 cm³/mol. The SMILES string of the molecule is COC(=O)NC1CCN(c2ncccc2Br)C1. The summed E-state index contributed by atoms with van der Waals surface area (Å²) < 4.78 is 5.55. The zero-order valence-electron chi connectivity index (χ0n) is 9.52. The average Bonchev–Trinajstić information content (AvgIpc) is 2.78. The highest BCUT2D eigenvalue weighted by molar-refractivity contribution is 9.10. The molecule has 1 fully saturated rings. The lowest BCUT2D eigenvalue weighted by atomic mass is 10.3. The monoisotopic (exact) mass is 299 g/mol. The highest BCUT2D eigenvalue weighted by Crippen LogP contribution is 2.26. The summed E-state index contributed by atoms with van der Waals surface area (Å²) in [6, 6.07) is 3.97. The van der Waals surface area contributed by atoms with Gasteiger partial charge in [0.1, 0.15) is 5.82 Å². The van der Waals surface area contributed by atoms with E-state index in [-0.39, 0.29) is 12.1 Å². The molecule has 0 aromatic carbocycles. The molecular formula is C11H14BrN3O2. The molecule has 1 saturated heterocycles. The number of carbonyl (C=O) groups is 1. The van der Waals surface area contributed by atoms with E-state index in [1.807, 2.05) is 12.1 Å². The van der Waals surface area contributed by atoms with Gasteiger partial charge in [0.25, 0.3) is 0 Å². The van der Waals surface area contributed by atoms with Crippen LogP contribution in [0.4, 0.5) is 10.6 Å². The van der Waals surface area contributed by atoms with E-state index in [0.717, 1.165) is 29.8 Å². The Hall–Kier alpha value is -1.30. The minimum atomic E-state index is -0.378. The fraction of sp³-hybridized carbons (Fsp3) is 0.455. The average molecular weight is 300 g/mol. The first-order chi connectivity index (χ1) is 8.20. The Morgan fingerprint density at radius 3 is 3.24 bits per heavy atom. The molecule has 2 heterocycles. The number of hydrogen-bond acceptors (Lipinski definition) is 4. The summed E-state index contributed by atoms with van der Waals surface area (Å²) in [4.78, 5) is 17.6. The predicted octanol–water partition coefficient (Wildman–Crippen LogP) is 1.78. The van der Waals surface area contributed by atoms with E-state index in [0.29, 0.717) is 0 Å². The Morgan fingerprint density at radius 2 is 2.53 bits per heavy atom. The van der Waals surface area contributed by atoms with E-state index in [2.05, 4.69) is 35.9 Å². The molecule has 0 saturated carbocycles. The highest BCUT2D eigenvalue weighted by atomic mass is 79.9. The number of alkyl carbamates (subject to hydrolysis) is 1. The van der Waals surface area contributed by atoms with Crippen LogP contribution in [0.5, 0.6) is 0 Å². The molecule has 1 atom stereocenters. The van der Waals surface area contributed by atoms with Crippen molar-refractivity contribution in [1.29, 1.82) is 0 Å². The van der Waals surface area contributed by atoms with Gasteiger partial charge in [0, 0.05) is 19.3 Å². The lowest BCUT2D eigenvalue weighted by Gasteiger charge is -2.18. The topological polar surface area (TPSA) is 54.5 Å². The summed E-state index contributed by atoms with van der Waals surface area (Å²) in [6.07, 6.45) is 2.29. The summed E-state index contributed by atoms with van der Waals surface area (Å²) in [5, 5.41) is 2.80. The third-order valence-electron chi connectivity index (χ3n) is 2.73. The molecule has 0 aliphatic carbocycles. The van der Waals surface area contributed by atoms with Crippen LogP contribution in [-0.4, -0.2) is 37.3 Å². The van der Waals surface area contributed by atoms with Crippen molar-refractivity contribution >= 4 is 27.8 Å². The number of nitrogens with zero attached hydrogens (tertiary/aromatic N) is 2. The number of hydrogen-bond donors (Lipinski definition) is 1. The summed E-state index contributed by atoms with van der Waals surface area (Å²) >= 11 is 3.47. The van der Waals surface area contributed by atoms with Crippen molar-refractivity contribution < 1.29 is 9.53 Å². The molecular weight excluding hydrogens is 286 g/mol. The van der Waals surface area contributed by atoms with Crippen LogP contribution in [0.2, 0.25) is 0 Å². The number of pyridine rings is 1. The van der Waals surface area contributed by atoms with Gasteiger partial charge in [0.2, 0.25) is 0 Å². The van der Waals surface area contributed by atoms with Crippen LogP contribution in [0.3, 0.4) is 0 Å². The lowest BCUT2D eigenvalue weighted by molar-refractivity contribution is 0.167. The smallest absolute Gasteiger partial charge is 0.407 e. The minimum Gasteiger partial charge on any atom is -0.453 e. The molecule has 1 amide bonds. The molecule has 6 heteroatoms. The van der Waals surface area contributed by atoms with Gasteiger partial charge in [-0.2, -0.15) is 0 Å². The van der Waals surface area contributed by atoms with Gasteiger partial charge in [-0.3, -0.25) is 0 Å². The van der Waals surface area contributed by atoms with Gasteiger partial charge in [-0.25, -0.2) is 9.78 Å². The quantitative estimate of drug-likeness (QED) is 0.904. The van der Waals surface area contributed by atoms with Gasteiger partial charge in [-0.15, -0.1) is 0 Å². The van der Waals surface area contributed by atoms with Crippen molar-refractivity contribution in [3.8, 4) is 0 Å². The normalized spacial score (nSPS) is 19.2. The molecule has 2 rings (SSSR count). The molecule has 1 aliphatic rings. The lowest BCUT2D eigenvalue weighted by Crippen LogP contribution is -2.37. The number of halogens is 1. The van der Waals surface area contributed by atoms with E-state index in [1.54, 1.807) is 6.20 Å². The molecule has 92 valence electrons. The number of nitrogens with one attached hydrogen (secondary N) is 1. The van der Waals surface area contributed by atoms with Gasteiger partial charge in [-0.1, -0.05) is 0 Å². The first kappa shape index (κ1) is 12.2. The van der Waals surface area contributed by atoms with Crippen LogP contribution in [0.15, 0.2) is 22.8 Å². The second kappa shape index (κ2) is 5.35. The maximum absolute atomic E-state index is 11.1. The Bertz CT molecular complexity index is 413. The van der Waals surface area contributed by atoms with Crippen molar-refractivity contribution in [3.63, 3.8) is 0 Å². The minimum absolute atomic E-state index is 0.122. The van der Waals surface area contributed by atoms with E-state index in [4.69, 9.17) is 0 Å². The van der Waals surface area contributed by atoms with Gasteiger partial charge in [-0.05, 0) is 34.5 Å². The Kier molecular flexibility index (Phi) is 3.83. The first-order valence-electron chi connectivity index (χ1n) is 5.40. The summed E-state index contributed by atoms with van der Waals surface area (Å²) in [7, 11) is 1.37.